The van der Waals surface area contributed by atoms with E-state index in [1.54, 1.807) is 0 Å². The SMILES string of the molecule is CCCC[C@@H]1CC[C@@H]2CCC[C@@H](C(=O)OCC)N12. The van der Waals surface area contributed by atoms with Crippen LogP contribution in [0.4, 0.5) is 0 Å². The fraction of sp³-hybridized carbons (Fsp3) is 0.933. The van der Waals surface area contributed by atoms with Crippen LogP contribution in [0.25, 0.3) is 0 Å². The predicted octanol–water partition coefficient (Wildman–Crippen LogP) is 3.13. The summed E-state index contributed by atoms with van der Waals surface area (Å²) >= 11 is 0. The van der Waals surface area contributed by atoms with Crippen molar-refractivity contribution in [2.45, 2.75) is 83.3 Å². The second kappa shape index (κ2) is 6.55. The van der Waals surface area contributed by atoms with Crippen LogP contribution < -0.4 is 0 Å². The molecule has 2 rings (SSSR count). The van der Waals surface area contributed by atoms with Gasteiger partial charge < -0.3 is 4.74 Å². The first kappa shape index (κ1) is 13.9. The maximum Gasteiger partial charge on any atom is 0.323 e. The van der Waals surface area contributed by atoms with E-state index in [4.69, 9.17) is 4.74 Å². The lowest BCUT2D eigenvalue weighted by molar-refractivity contribution is -0.152. The first-order chi connectivity index (χ1) is 8.77. The Labute approximate surface area is 111 Å². The summed E-state index contributed by atoms with van der Waals surface area (Å²) in [6.45, 7) is 4.65. The van der Waals surface area contributed by atoms with Crippen LogP contribution >= 0.6 is 0 Å². The van der Waals surface area contributed by atoms with Crippen molar-refractivity contribution < 1.29 is 9.53 Å². The summed E-state index contributed by atoms with van der Waals surface area (Å²) in [6, 6.07) is 1.33. The van der Waals surface area contributed by atoms with Gasteiger partial charge in [0.05, 0.1) is 6.61 Å². The Morgan fingerprint density at radius 1 is 1.22 bits per heavy atom. The summed E-state index contributed by atoms with van der Waals surface area (Å²) in [5.74, 6) is 0.0191. The molecule has 3 nitrogen and oxygen atoms in total. The number of unbranched alkanes of at least 4 members (excludes halogenated alkanes) is 1. The summed E-state index contributed by atoms with van der Waals surface area (Å²) < 4.78 is 5.26. The third kappa shape index (κ3) is 2.87. The molecule has 0 amide bonds. The van der Waals surface area contributed by atoms with Crippen molar-refractivity contribution in [2.75, 3.05) is 6.61 Å². The highest BCUT2D eigenvalue weighted by Gasteiger charge is 2.43. The molecule has 2 fully saturated rings. The zero-order chi connectivity index (χ0) is 13.0. The molecule has 0 aromatic carbocycles. The Balaban J connectivity index is 2.02. The lowest BCUT2D eigenvalue weighted by Crippen LogP contribution is -2.51. The van der Waals surface area contributed by atoms with Crippen LogP contribution in [-0.4, -0.2) is 35.6 Å². The fourth-order valence-corrected chi connectivity index (χ4v) is 3.69. The van der Waals surface area contributed by atoms with Gasteiger partial charge in [-0.2, -0.15) is 0 Å². The van der Waals surface area contributed by atoms with Crippen LogP contribution in [0.15, 0.2) is 0 Å². The number of ether oxygens (including phenoxy) is 1. The first-order valence-electron chi connectivity index (χ1n) is 7.72. The molecule has 0 unspecified atom stereocenters. The van der Waals surface area contributed by atoms with Gasteiger partial charge in [-0.05, 0) is 45.4 Å². The van der Waals surface area contributed by atoms with E-state index in [1.807, 2.05) is 6.92 Å². The van der Waals surface area contributed by atoms with Crippen LogP contribution in [0.1, 0.15) is 65.2 Å². The number of rotatable bonds is 5. The van der Waals surface area contributed by atoms with Crippen molar-refractivity contribution in [3.05, 3.63) is 0 Å². The molecule has 3 atom stereocenters. The van der Waals surface area contributed by atoms with Gasteiger partial charge in [0.1, 0.15) is 6.04 Å². The normalized spacial score (nSPS) is 32.2. The van der Waals surface area contributed by atoms with E-state index >= 15 is 0 Å². The smallest absolute Gasteiger partial charge is 0.323 e. The van der Waals surface area contributed by atoms with E-state index < -0.39 is 0 Å². The van der Waals surface area contributed by atoms with E-state index in [9.17, 15) is 4.79 Å². The topological polar surface area (TPSA) is 29.5 Å². The molecule has 2 aliphatic heterocycles. The van der Waals surface area contributed by atoms with Gasteiger partial charge in [-0.15, -0.1) is 0 Å². The minimum Gasteiger partial charge on any atom is -0.465 e. The molecule has 0 aromatic heterocycles. The quantitative estimate of drug-likeness (QED) is 0.705. The van der Waals surface area contributed by atoms with Gasteiger partial charge in [0, 0.05) is 12.1 Å². The van der Waals surface area contributed by atoms with Crippen molar-refractivity contribution in [2.24, 2.45) is 0 Å². The number of nitrogens with zero attached hydrogens (tertiary/aromatic N) is 1. The van der Waals surface area contributed by atoms with Crippen LogP contribution in [0.5, 0.6) is 0 Å². The average molecular weight is 253 g/mol. The van der Waals surface area contributed by atoms with E-state index in [0.717, 1.165) is 6.42 Å². The van der Waals surface area contributed by atoms with Gasteiger partial charge in [0.15, 0.2) is 0 Å². The van der Waals surface area contributed by atoms with Crippen molar-refractivity contribution in [3.8, 4) is 0 Å². The summed E-state index contributed by atoms with van der Waals surface area (Å²) in [5, 5.41) is 0. The Morgan fingerprint density at radius 2 is 2.06 bits per heavy atom. The maximum atomic E-state index is 12.1. The molecule has 0 aliphatic carbocycles. The minimum atomic E-state index is 0.0191. The van der Waals surface area contributed by atoms with Crippen molar-refractivity contribution in [1.82, 2.24) is 4.90 Å². The second-order valence-corrected chi connectivity index (χ2v) is 5.67. The Bertz CT molecular complexity index is 280. The van der Waals surface area contributed by atoms with Gasteiger partial charge in [-0.1, -0.05) is 19.8 Å². The molecule has 18 heavy (non-hydrogen) atoms. The van der Waals surface area contributed by atoms with Gasteiger partial charge in [0.25, 0.3) is 0 Å². The molecule has 3 heteroatoms. The van der Waals surface area contributed by atoms with Gasteiger partial charge in [0.2, 0.25) is 0 Å². The number of hydrogen-bond acceptors (Lipinski definition) is 3. The summed E-state index contributed by atoms with van der Waals surface area (Å²) in [6.07, 6.45) is 9.80. The lowest BCUT2D eigenvalue weighted by Gasteiger charge is -2.39. The van der Waals surface area contributed by atoms with Gasteiger partial charge in [-0.3, -0.25) is 9.69 Å². The zero-order valence-electron chi connectivity index (χ0n) is 11.9. The molecule has 2 aliphatic rings. The molecule has 0 N–H and O–H groups in total. The largest absolute Gasteiger partial charge is 0.465 e. The highest BCUT2D eigenvalue weighted by Crippen LogP contribution is 2.37. The van der Waals surface area contributed by atoms with E-state index in [-0.39, 0.29) is 12.0 Å². The Kier molecular flexibility index (Phi) is 5.04. The summed E-state index contributed by atoms with van der Waals surface area (Å²) in [5.41, 5.74) is 0. The molecule has 0 bridgehead atoms. The van der Waals surface area contributed by atoms with Crippen LogP contribution in [-0.2, 0) is 9.53 Å². The molecule has 2 heterocycles. The molecular formula is C15H27NO2. The molecule has 104 valence electrons. The van der Waals surface area contributed by atoms with Crippen molar-refractivity contribution in [3.63, 3.8) is 0 Å². The third-order valence-electron chi connectivity index (χ3n) is 4.50. The van der Waals surface area contributed by atoms with Gasteiger partial charge >= 0.3 is 5.97 Å². The zero-order valence-corrected chi connectivity index (χ0v) is 11.9. The summed E-state index contributed by atoms with van der Waals surface area (Å²) in [4.78, 5) is 14.6. The van der Waals surface area contributed by atoms with E-state index in [0.29, 0.717) is 18.7 Å². The molecule has 0 aromatic rings. The predicted molar refractivity (Wildman–Crippen MR) is 72.4 cm³/mol. The highest BCUT2D eigenvalue weighted by atomic mass is 16.5. The number of piperidine rings is 1. The van der Waals surface area contributed by atoms with Crippen molar-refractivity contribution >= 4 is 5.97 Å². The van der Waals surface area contributed by atoms with Crippen LogP contribution in [0, 0.1) is 0 Å². The monoisotopic (exact) mass is 253 g/mol. The number of carbonyl (C=O) groups excluding carboxylic acids is 1. The number of carbonyl (C=O) groups is 1. The van der Waals surface area contributed by atoms with E-state index in [1.165, 1.54) is 44.9 Å². The number of hydrogen-bond donors (Lipinski definition) is 0. The van der Waals surface area contributed by atoms with Crippen molar-refractivity contribution in [1.29, 1.82) is 0 Å². The van der Waals surface area contributed by atoms with Crippen LogP contribution in [0.3, 0.4) is 0 Å². The number of fused-ring (bicyclic) bond motifs is 1. The van der Waals surface area contributed by atoms with E-state index in [2.05, 4.69) is 11.8 Å². The lowest BCUT2D eigenvalue weighted by atomic mass is 9.96. The fourth-order valence-electron chi connectivity index (χ4n) is 3.69. The number of esters is 1. The second-order valence-electron chi connectivity index (χ2n) is 5.67. The third-order valence-corrected chi connectivity index (χ3v) is 4.50. The molecular weight excluding hydrogens is 226 g/mol. The summed E-state index contributed by atoms with van der Waals surface area (Å²) in [7, 11) is 0. The first-order valence-corrected chi connectivity index (χ1v) is 7.72. The molecule has 0 spiro atoms. The Hall–Kier alpha value is -0.570. The molecule has 0 radical (unpaired) electrons. The highest BCUT2D eigenvalue weighted by molar-refractivity contribution is 5.76. The Morgan fingerprint density at radius 3 is 2.78 bits per heavy atom. The average Bonchev–Trinajstić information content (AvgIpc) is 2.79. The maximum absolute atomic E-state index is 12.1. The van der Waals surface area contributed by atoms with Crippen LogP contribution in [0.2, 0.25) is 0 Å². The molecule has 0 saturated carbocycles. The standard InChI is InChI=1S/C15H27NO2/c1-3-5-7-12-10-11-13-8-6-9-14(16(12)13)15(17)18-4-2/h12-14H,3-11H2,1-2H3/t12-,13+,14+/m1/s1. The minimum absolute atomic E-state index is 0.0191. The van der Waals surface area contributed by atoms with Gasteiger partial charge in [-0.25, -0.2) is 0 Å². The molecule has 2 saturated heterocycles.